The number of carboxylic acid groups (broad SMARTS) is 1. The van der Waals surface area contributed by atoms with Crippen molar-refractivity contribution < 1.29 is 19.7 Å². The van der Waals surface area contributed by atoms with Crippen LogP contribution < -0.4 is 5.32 Å². The highest BCUT2D eigenvalue weighted by Gasteiger charge is 2.23. The standard InChI is InChI=1S/C33H37NO4/c1-22-29(32(36)37)16-17-30(26-11-6-5-7-12-26)31(22)23(2)38-21-28(35)20-34-33(3,4)19-24-14-15-25-10-8-9-13-27(25)18-24/h5-18,23,28,34-35H,19-21H2,1-4H3,(H,36,37)/t23?,28-/m1/s1. The molecule has 0 spiro atoms. The first-order valence-electron chi connectivity index (χ1n) is 13.1. The largest absolute Gasteiger partial charge is 0.478 e. The number of carbonyl (C=O) groups is 1. The Morgan fingerprint density at radius 1 is 0.947 bits per heavy atom. The monoisotopic (exact) mass is 511 g/mol. The number of benzene rings is 4. The summed E-state index contributed by atoms with van der Waals surface area (Å²) in [6, 6.07) is 28.2. The number of aromatic carboxylic acids is 1. The molecule has 5 heteroatoms. The highest BCUT2D eigenvalue weighted by Crippen LogP contribution is 2.34. The van der Waals surface area contributed by atoms with E-state index in [0.29, 0.717) is 12.1 Å². The molecule has 0 aliphatic rings. The fourth-order valence-electron chi connectivity index (χ4n) is 5.07. The maximum absolute atomic E-state index is 11.8. The van der Waals surface area contributed by atoms with E-state index in [1.54, 1.807) is 6.07 Å². The quantitative estimate of drug-likeness (QED) is 0.212. The van der Waals surface area contributed by atoms with Crippen molar-refractivity contribution in [3.63, 3.8) is 0 Å². The van der Waals surface area contributed by atoms with Gasteiger partial charge in [0.2, 0.25) is 0 Å². The van der Waals surface area contributed by atoms with E-state index in [9.17, 15) is 15.0 Å². The molecular weight excluding hydrogens is 474 g/mol. The molecule has 198 valence electrons. The van der Waals surface area contributed by atoms with E-state index in [1.165, 1.54) is 16.3 Å². The van der Waals surface area contributed by atoms with Crippen LogP contribution in [0.3, 0.4) is 0 Å². The molecule has 0 aliphatic heterocycles. The third kappa shape index (κ3) is 6.67. The smallest absolute Gasteiger partial charge is 0.335 e. The van der Waals surface area contributed by atoms with E-state index in [-0.39, 0.29) is 17.7 Å². The summed E-state index contributed by atoms with van der Waals surface area (Å²) in [5, 5.41) is 26.3. The molecule has 4 aromatic carbocycles. The summed E-state index contributed by atoms with van der Waals surface area (Å²) in [6.07, 6.45) is -0.287. The lowest BCUT2D eigenvalue weighted by molar-refractivity contribution is -0.00422. The Hall–Kier alpha value is -3.51. The zero-order valence-electron chi connectivity index (χ0n) is 22.6. The average molecular weight is 512 g/mol. The van der Waals surface area contributed by atoms with Crippen LogP contribution in [0.4, 0.5) is 0 Å². The molecule has 0 aromatic heterocycles. The number of carboxylic acids is 1. The zero-order chi connectivity index (χ0) is 27.3. The Morgan fingerprint density at radius 2 is 1.63 bits per heavy atom. The van der Waals surface area contributed by atoms with Gasteiger partial charge in [0, 0.05) is 12.1 Å². The minimum atomic E-state index is -0.964. The van der Waals surface area contributed by atoms with Gasteiger partial charge < -0.3 is 20.3 Å². The Labute approximate surface area is 225 Å². The lowest BCUT2D eigenvalue weighted by atomic mass is 9.90. The summed E-state index contributed by atoms with van der Waals surface area (Å²) in [4.78, 5) is 11.8. The second kappa shape index (κ2) is 11.9. The van der Waals surface area contributed by atoms with Gasteiger partial charge in [0.1, 0.15) is 0 Å². The number of hydrogen-bond donors (Lipinski definition) is 3. The number of aliphatic hydroxyl groups is 1. The average Bonchev–Trinajstić information content (AvgIpc) is 2.90. The van der Waals surface area contributed by atoms with Crippen LogP contribution in [0.25, 0.3) is 21.9 Å². The third-order valence-corrected chi connectivity index (χ3v) is 7.05. The van der Waals surface area contributed by atoms with Gasteiger partial charge in [-0.05, 0) is 78.8 Å². The van der Waals surface area contributed by atoms with Gasteiger partial charge in [-0.3, -0.25) is 0 Å². The summed E-state index contributed by atoms with van der Waals surface area (Å²) < 4.78 is 6.12. The normalized spacial score (nSPS) is 13.4. The fraction of sp³-hybridized carbons (Fsp3) is 0.303. The van der Waals surface area contributed by atoms with E-state index in [4.69, 9.17) is 4.74 Å². The van der Waals surface area contributed by atoms with Gasteiger partial charge in [-0.1, -0.05) is 78.9 Å². The van der Waals surface area contributed by atoms with E-state index < -0.39 is 18.2 Å². The molecule has 0 aliphatic carbocycles. The van der Waals surface area contributed by atoms with Gasteiger partial charge >= 0.3 is 5.97 Å². The maximum Gasteiger partial charge on any atom is 0.335 e. The van der Waals surface area contributed by atoms with Gasteiger partial charge in [0.25, 0.3) is 0 Å². The molecule has 0 fully saturated rings. The molecule has 0 radical (unpaired) electrons. The third-order valence-electron chi connectivity index (χ3n) is 7.05. The van der Waals surface area contributed by atoms with Crippen molar-refractivity contribution >= 4 is 16.7 Å². The van der Waals surface area contributed by atoms with E-state index in [0.717, 1.165) is 23.1 Å². The molecule has 0 saturated carbocycles. The highest BCUT2D eigenvalue weighted by molar-refractivity contribution is 5.91. The summed E-state index contributed by atoms with van der Waals surface area (Å²) in [5.74, 6) is -0.964. The Bertz CT molecular complexity index is 1400. The molecule has 3 N–H and O–H groups in total. The molecule has 4 rings (SSSR count). The van der Waals surface area contributed by atoms with Crippen molar-refractivity contribution in [2.24, 2.45) is 0 Å². The molecule has 1 unspecified atom stereocenters. The topological polar surface area (TPSA) is 78.8 Å². The lowest BCUT2D eigenvalue weighted by Crippen LogP contribution is -2.46. The lowest BCUT2D eigenvalue weighted by Gasteiger charge is -2.29. The van der Waals surface area contributed by atoms with Crippen molar-refractivity contribution in [3.05, 3.63) is 107 Å². The van der Waals surface area contributed by atoms with Gasteiger partial charge in [0.15, 0.2) is 0 Å². The number of nitrogens with one attached hydrogen (secondary N) is 1. The number of rotatable bonds is 11. The molecule has 0 amide bonds. The fourth-order valence-corrected chi connectivity index (χ4v) is 5.07. The first kappa shape index (κ1) is 27.5. The number of hydrogen-bond acceptors (Lipinski definition) is 4. The number of β-amino-alcohol motifs (C(OH)–C–C–N with tert-alkyl or cyclic N) is 1. The van der Waals surface area contributed by atoms with Crippen LogP contribution in [0, 0.1) is 6.92 Å². The molecular formula is C33H37NO4. The van der Waals surface area contributed by atoms with Crippen molar-refractivity contribution in [3.8, 4) is 11.1 Å². The van der Waals surface area contributed by atoms with Crippen LogP contribution in [0.5, 0.6) is 0 Å². The van der Waals surface area contributed by atoms with E-state index >= 15 is 0 Å². The highest BCUT2D eigenvalue weighted by atomic mass is 16.5. The van der Waals surface area contributed by atoms with Crippen molar-refractivity contribution in [1.29, 1.82) is 0 Å². The van der Waals surface area contributed by atoms with Gasteiger partial charge in [-0.2, -0.15) is 0 Å². The Balaban J connectivity index is 1.39. The van der Waals surface area contributed by atoms with Crippen LogP contribution in [-0.2, 0) is 11.2 Å². The van der Waals surface area contributed by atoms with Crippen molar-refractivity contribution in [2.45, 2.75) is 51.9 Å². The summed E-state index contributed by atoms with van der Waals surface area (Å²) in [5.41, 5.74) is 4.71. The Morgan fingerprint density at radius 3 is 2.34 bits per heavy atom. The first-order chi connectivity index (χ1) is 18.1. The first-order valence-corrected chi connectivity index (χ1v) is 13.1. The molecule has 2 atom stereocenters. The second-order valence-electron chi connectivity index (χ2n) is 10.6. The van der Waals surface area contributed by atoms with Gasteiger partial charge in [0.05, 0.1) is 24.4 Å². The van der Waals surface area contributed by atoms with Gasteiger partial charge in [-0.15, -0.1) is 0 Å². The van der Waals surface area contributed by atoms with Crippen molar-refractivity contribution in [2.75, 3.05) is 13.2 Å². The van der Waals surface area contributed by atoms with Crippen LogP contribution in [0.1, 0.15) is 53.9 Å². The number of ether oxygens (including phenoxy) is 1. The van der Waals surface area contributed by atoms with E-state index in [1.807, 2.05) is 56.3 Å². The SMILES string of the molecule is Cc1c(C(=O)O)ccc(-c2ccccc2)c1C(C)OC[C@H](O)CNC(C)(C)Cc1ccc2ccccc2c1. The van der Waals surface area contributed by atoms with Crippen LogP contribution in [-0.4, -0.2) is 41.0 Å². The predicted molar refractivity (Wildman–Crippen MR) is 154 cm³/mol. The summed E-state index contributed by atoms with van der Waals surface area (Å²) in [6.45, 7) is 8.50. The summed E-state index contributed by atoms with van der Waals surface area (Å²) in [7, 11) is 0. The minimum Gasteiger partial charge on any atom is -0.478 e. The Kier molecular flexibility index (Phi) is 8.62. The van der Waals surface area contributed by atoms with Crippen LogP contribution >= 0.6 is 0 Å². The molecule has 4 aromatic rings. The van der Waals surface area contributed by atoms with E-state index in [2.05, 4.69) is 55.6 Å². The molecule has 0 bridgehead atoms. The molecule has 0 saturated heterocycles. The maximum atomic E-state index is 11.8. The van der Waals surface area contributed by atoms with Crippen LogP contribution in [0.15, 0.2) is 84.9 Å². The van der Waals surface area contributed by atoms with Crippen molar-refractivity contribution in [1.82, 2.24) is 5.32 Å². The predicted octanol–water partition coefficient (Wildman–Crippen LogP) is 6.56. The molecule has 38 heavy (non-hydrogen) atoms. The molecule has 0 heterocycles. The minimum absolute atomic E-state index is 0.130. The summed E-state index contributed by atoms with van der Waals surface area (Å²) >= 11 is 0. The van der Waals surface area contributed by atoms with Crippen LogP contribution in [0.2, 0.25) is 0 Å². The second-order valence-corrected chi connectivity index (χ2v) is 10.6. The van der Waals surface area contributed by atoms with Gasteiger partial charge in [-0.25, -0.2) is 4.79 Å². The number of fused-ring (bicyclic) bond motifs is 1. The zero-order valence-corrected chi connectivity index (χ0v) is 22.6. The molecule has 5 nitrogen and oxygen atoms in total. The number of aliphatic hydroxyl groups excluding tert-OH is 1.